The number of carbonyl (C=O) groups is 1. The first-order valence-corrected chi connectivity index (χ1v) is 9.36. The molecule has 28 heavy (non-hydrogen) atoms. The SMILES string of the molecule is COc1ccc(Cc2nnc(SCC(=O)Nc3oc(C)c(C)c3C#N)o2)cc1. The minimum absolute atomic E-state index is 0.0494. The van der Waals surface area contributed by atoms with Gasteiger partial charge in [0.05, 0.1) is 19.3 Å². The number of aryl methyl sites for hydroxylation is 1. The summed E-state index contributed by atoms with van der Waals surface area (Å²) in [6.45, 7) is 3.51. The number of ether oxygens (including phenoxy) is 1. The first-order chi connectivity index (χ1) is 13.5. The van der Waals surface area contributed by atoms with E-state index >= 15 is 0 Å². The molecule has 144 valence electrons. The summed E-state index contributed by atoms with van der Waals surface area (Å²) < 4.78 is 16.1. The number of amides is 1. The highest BCUT2D eigenvalue weighted by Crippen LogP contribution is 2.26. The van der Waals surface area contributed by atoms with Crippen LogP contribution in [0.3, 0.4) is 0 Å². The van der Waals surface area contributed by atoms with Crippen molar-refractivity contribution in [3.63, 3.8) is 0 Å². The lowest BCUT2D eigenvalue weighted by Gasteiger charge is -2.01. The first-order valence-electron chi connectivity index (χ1n) is 8.38. The second kappa shape index (κ2) is 8.63. The molecular weight excluding hydrogens is 380 g/mol. The van der Waals surface area contributed by atoms with Gasteiger partial charge in [0.15, 0.2) is 0 Å². The van der Waals surface area contributed by atoms with Gasteiger partial charge in [-0.1, -0.05) is 23.9 Å². The number of benzene rings is 1. The third-order valence-corrected chi connectivity index (χ3v) is 4.86. The van der Waals surface area contributed by atoms with E-state index in [1.54, 1.807) is 21.0 Å². The number of hydrogen-bond acceptors (Lipinski definition) is 8. The van der Waals surface area contributed by atoms with E-state index in [-0.39, 0.29) is 17.5 Å². The van der Waals surface area contributed by atoms with E-state index in [0.29, 0.717) is 34.4 Å². The maximum atomic E-state index is 12.1. The van der Waals surface area contributed by atoms with E-state index in [2.05, 4.69) is 15.5 Å². The highest BCUT2D eigenvalue weighted by molar-refractivity contribution is 7.99. The third kappa shape index (κ3) is 4.53. The Labute approximate surface area is 165 Å². The van der Waals surface area contributed by atoms with Gasteiger partial charge in [-0.3, -0.25) is 10.1 Å². The zero-order chi connectivity index (χ0) is 20.1. The van der Waals surface area contributed by atoms with Gasteiger partial charge in [-0.2, -0.15) is 5.26 Å². The van der Waals surface area contributed by atoms with E-state index in [0.717, 1.165) is 23.1 Å². The molecule has 0 spiro atoms. The lowest BCUT2D eigenvalue weighted by molar-refractivity contribution is -0.113. The number of nitrogens with zero attached hydrogens (tertiary/aromatic N) is 3. The Balaban J connectivity index is 1.54. The minimum atomic E-state index is -0.329. The van der Waals surface area contributed by atoms with Gasteiger partial charge in [0, 0.05) is 5.56 Å². The molecule has 0 atom stereocenters. The lowest BCUT2D eigenvalue weighted by Crippen LogP contribution is -2.14. The normalized spacial score (nSPS) is 10.5. The maximum Gasteiger partial charge on any atom is 0.277 e. The Kier molecular flexibility index (Phi) is 6.01. The van der Waals surface area contributed by atoms with E-state index in [9.17, 15) is 10.1 Å². The predicted octanol–water partition coefficient (Wildman–Crippen LogP) is 3.48. The average molecular weight is 398 g/mol. The number of rotatable bonds is 7. The monoisotopic (exact) mass is 398 g/mol. The average Bonchev–Trinajstić information content (AvgIpc) is 3.24. The van der Waals surface area contributed by atoms with Gasteiger partial charge in [0.1, 0.15) is 23.1 Å². The summed E-state index contributed by atoms with van der Waals surface area (Å²) in [5.41, 5.74) is 2.05. The number of nitriles is 1. The number of methoxy groups -OCH3 is 1. The van der Waals surface area contributed by atoms with Crippen LogP contribution < -0.4 is 10.1 Å². The molecule has 0 radical (unpaired) electrons. The Morgan fingerprint density at radius 2 is 2.00 bits per heavy atom. The highest BCUT2D eigenvalue weighted by Gasteiger charge is 2.17. The second-order valence-electron chi connectivity index (χ2n) is 5.92. The van der Waals surface area contributed by atoms with Crippen LogP contribution in [0.5, 0.6) is 5.75 Å². The Morgan fingerprint density at radius 1 is 1.25 bits per heavy atom. The number of furan rings is 1. The zero-order valence-electron chi connectivity index (χ0n) is 15.6. The molecule has 3 rings (SSSR count). The van der Waals surface area contributed by atoms with Crippen LogP contribution in [0.2, 0.25) is 0 Å². The molecule has 0 bridgehead atoms. The zero-order valence-corrected chi connectivity index (χ0v) is 16.4. The van der Waals surface area contributed by atoms with Gasteiger partial charge in [-0.05, 0) is 31.5 Å². The van der Waals surface area contributed by atoms with Crippen LogP contribution in [-0.4, -0.2) is 29.0 Å². The van der Waals surface area contributed by atoms with Crippen LogP contribution in [0.4, 0.5) is 5.88 Å². The van der Waals surface area contributed by atoms with Gasteiger partial charge < -0.3 is 13.6 Å². The Morgan fingerprint density at radius 3 is 2.68 bits per heavy atom. The molecule has 3 aromatic rings. The van der Waals surface area contributed by atoms with Gasteiger partial charge in [-0.25, -0.2) is 0 Å². The minimum Gasteiger partial charge on any atom is -0.497 e. The van der Waals surface area contributed by atoms with Crippen LogP contribution in [0, 0.1) is 25.2 Å². The quantitative estimate of drug-likeness (QED) is 0.602. The van der Waals surface area contributed by atoms with E-state index in [1.165, 1.54) is 0 Å². The van der Waals surface area contributed by atoms with Crippen LogP contribution in [0.15, 0.2) is 38.3 Å². The maximum absolute atomic E-state index is 12.1. The van der Waals surface area contributed by atoms with Gasteiger partial charge in [-0.15, -0.1) is 10.2 Å². The molecule has 1 N–H and O–H groups in total. The number of thioether (sulfide) groups is 1. The number of aromatic nitrogens is 2. The highest BCUT2D eigenvalue weighted by atomic mass is 32.2. The Bertz CT molecular complexity index is 1020. The van der Waals surface area contributed by atoms with Crippen LogP contribution >= 0.6 is 11.8 Å². The molecule has 0 aliphatic rings. The van der Waals surface area contributed by atoms with Crippen LogP contribution in [0.1, 0.15) is 28.3 Å². The number of hydrogen-bond donors (Lipinski definition) is 1. The molecule has 2 aromatic heterocycles. The van der Waals surface area contributed by atoms with E-state index in [4.69, 9.17) is 13.6 Å². The molecule has 1 amide bonds. The molecule has 1 aromatic carbocycles. The van der Waals surface area contributed by atoms with Crippen molar-refractivity contribution >= 4 is 23.6 Å². The smallest absolute Gasteiger partial charge is 0.277 e. The van der Waals surface area contributed by atoms with Crippen molar-refractivity contribution in [2.24, 2.45) is 0 Å². The fourth-order valence-corrected chi connectivity index (χ4v) is 3.01. The number of carbonyl (C=O) groups excluding carboxylic acids is 1. The molecule has 0 saturated carbocycles. The summed E-state index contributed by atoms with van der Waals surface area (Å²) in [6, 6.07) is 9.59. The molecule has 2 heterocycles. The summed E-state index contributed by atoms with van der Waals surface area (Å²) in [6.07, 6.45) is 0.486. The lowest BCUT2D eigenvalue weighted by atomic mass is 10.1. The molecule has 0 unspecified atom stereocenters. The molecule has 9 heteroatoms. The summed E-state index contributed by atoms with van der Waals surface area (Å²) in [7, 11) is 1.61. The van der Waals surface area contributed by atoms with Crippen molar-refractivity contribution in [3.8, 4) is 11.8 Å². The van der Waals surface area contributed by atoms with E-state index < -0.39 is 0 Å². The van der Waals surface area contributed by atoms with Crippen molar-refractivity contribution in [1.82, 2.24) is 10.2 Å². The van der Waals surface area contributed by atoms with E-state index in [1.807, 2.05) is 30.3 Å². The predicted molar refractivity (Wildman–Crippen MR) is 102 cm³/mol. The van der Waals surface area contributed by atoms with Crippen molar-refractivity contribution < 1.29 is 18.4 Å². The number of anilines is 1. The van der Waals surface area contributed by atoms with Gasteiger partial charge in [0.2, 0.25) is 17.7 Å². The van der Waals surface area contributed by atoms with Crippen LogP contribution in [0.25, 0.3) is 0 Å². The standard InChI is InChI=1S/C19H18N4O4S/c1-11-12(2)26-18(15(11)9-20)21-16(24)10-28-19-23-22-17(27-19)8-13-4-6-14(25-3)7-5-13/h4-7H,8,10H2,1-3H3,(H,21,24). The summed E-state index contributed by atoms with van der Waals surface area (Å²) >= 11 is 1.11. The topological polar surface area (TPSA) is 114 Å². The van der Waals surface area contributed by atoms with Crippen molar-refractivity contribution in [3.05, 3.63) is 52.6 Å². The molecule has 0 aliphatic carbocycles. The molecule has 0 fully saturated rings. The summed E-state index contributed by atoms with van der Waals surface area (Å²) in [5.74, 6) is 1.71. The van der Waals surface area contributed by atoms with Gasteiger partial charge >= 0.3 is 0 Å². The fourth-order valence-electron chi connectivity index (χ4n) is 2.43. The summed E-state index contributed by atoms with van der Waals surface area (Å²) in [5, 5.41) is 20.0. The molecule has 0 aliphatic heterocycles. The van der Waals surface area contributed by atoms with Crippen molar-refractivity contribution in [2.75, 3.05) is 18.2 Å². The van der Waals surface area contributed by atoms with Gasteiger partial charge in [0.25, 0.3) is 5.22 Å². The largest absolute Gasteiger partial charge is 0.497 e. The number of nitrogens with one attached hydrogen (secondary N) is 1. The third-order valence-electron chi connectivity index (χ3n) is 4.04. The second-order valence-corrected chi connectivity index (χ2v) is 6.85. The first kappa shape index (κ1) is 19.5. The molecule has 8 nitrogen and oxygen atoms in total. The summed E-state index contributed by atoms with van der Waals surface area (Å²) in [4.78, 5) is 12.1. The molecule has 0 saturated heterocycles. The van der Waals surface area contributed by atoms with Crippen molar-refractivity contribution in [1.29, 1.82) is 5.26 Å². The molecular formula is C19H18N4O4S. The Hall–Kier alpha value is -3.25. The van der Waals surface area contributed by atoms with Crippen LogP contribution in [-0.2, 0) is 11.2 Å². The van der Waals surface area contributed by atoms with Crippen molar-refractivity contribution in [2.45, 2.75) is 25.5 Å². The fraction of sp³-hybridized carbons (Fsp3) is 0.263.